The van der Waals surface area contributed by atoms with E-state index in [9.17, 15) is 4.79 Å². The predicted octanol–water partition coefficient (Wildman–Crippen LogP) is 2.59. The molecule has 1 saturated carbocycles. The predicted molar refractivity (Wildman–Crippen MR) is 76.2 cm³/mol. The van der Waals surface area contributed by atoms with Crippen molar-refractivity contribution in [3.8, 4) is 11.5 Å². The third-order valence-electron chi connectivity index (χ3n) is 5.91. The maximum atomic E-state index is 12.5. The Morgan fingerprint density at radius 3 is 2.95 bits per heavy atom. The van der Waals surface area contributed by atoms with Crippen LogP contribution in [0, 0.1) is 5.92 Å². The molecule has 4 heteroatoms. The van der Waals surface area contributed by atoms with Crippen LogP contribution in [0.1, 0.15) is 43.2 Å². The Balaban J connectivity index is 1.73. The molecule has 1 saturated heterocycles. The Morgan fingerprint density at radius 2 is 2.05 bits per heavy atom. The third-order valence-corrected chi connectivity index (χ3v) is 5.91. The van der Waals surface area contributed by atoms with Gasteiger partial charge in [0.25, 0.3) is 0 Å². The highest BCUT2D eigenvalue weighted by molar-refractivity contribution is 5.81. The van der Waals surface area contributed by atoms with E-state index < -0.39 is 0 Å². The van der Waals surface area contributed by atoms with Gasteiger partial charge in [-0.15, -0.1) is 0 Å². The quantitative estimate of drug-likeness (QED) is 0.735. The van der Waals surface area contributed by atoms with Gasteiger partial charge in [-0.1, -0.05) is 12.8 Å². The molecule has 1 aromatic rings. The molecule has 2 fully saturated rings. The minimum absolute atomic E-state index is 0.0517. The SMILES string of the molecule is O=C1C[C@@H]2CCCC[C@@]23c2cc4c(cc2CCN13)OCO4. The van der Waals surface area contributed by atoms with E-state index in [1.54, 1.807) is 0 Å². The molecule has 1 amide bonds. The number of fused-ring (bicyclic) bond motifs is 2. The number of benzene rings is 1. The molecule has 0 N–H and O–H groups in total. The molecule has 0 aromatic heterocycles. The first-order chi connectivity index (χ1) is 10.3. The molecule has 4 aliphatic rings. The van der Waals surface area contributed by atoms with Crippen LogP contribution >= 0.6 is 0 Å². The van der Waals surface area contributed by atoms with Gasteiger partial charge in [-0.2, -0.15) is 0 Å². The Labute approximate surface area is 124 Å². The number of nitrogens with zero attached hydrogens (tertiary/aromatic N) is 1. The molecular weight excluding hydrogens is 266 g/mol. The van der Waals surface area contributed by atoms with E-state index in [4.69, 9.17) is 9.47 Å². The van der Waals surface area contributed by atoms with E-state index in [0.29, 0.717) is 18.6 Å². The van der Waals surface area contributed by atoms with Gasteiger partial charge in [0.2, 0.25) is 12.7 Å². The molecule has 0 bridgehead atoms. The van der Waals surface area contributed by atoms with E-state index >= 15 is 0 Å². The Hall–Kier alpha value is -1.71. The highest BCUT2D eigenvalue weighted by Gasteiger charge is 2.56. The average molecular weight is 285 g/mol. The van der Waals surface area contributed by atoms with Crippen LogP contribution in [-0.2, 0) is 16.8 Å². The first-order valence-corrected chi connectivity index (χ1v) is 8.02. The highest BCUT2D eigenvalue weighted by atomic mass is 16.7. The van der Waals surface area contributed by atoms with Gasteiger partial charge in [0.1, 0.15) is 0 Å². The van der Waals surface area contributed by atoms with Crippen molar-refractivity contribution in [1.82, 2.24) is 4.90 Å². The van der Waals surface area contributed by atoms with Gasteiger partial charge >= 0.3 is 0 Å². The second-order valence-electron chi connectivity index (χ2n) is 6.73. The van der Waals surface area contributed by atoms with Crippen molar-refractivity contribution < 1.29 is 14.3 Å². The Bertz CT molecular complexity index is 641. The molecule has 5 rings (SSSR count). The van der Waals surface area contributed by atoms with Gasteiger partial charge in [-0.05, 0) is 48.4 Å². The van der Waals surface area contributed by atoms with E-state index in [2.05, 4.69) is 17.0 Å². The zero-order valence-electron chi connectivity index (χ0n) is 12.1. The van der Waals surface area contributed by atoms with E-state index in [-0.39, 0.29) is 5.54 Å². The number of hydrogen-bond acceptors (Lipinski definition) is 3. The van der Waals surface area contributed by atoms with Gasteiger partial charge in [-0.25, -0.2) is 0 Å². The van der Waals surface area contributed by atoms with Crippen LogP contribution in [0.4, 0.5) is 0 Å². The number of rotatable bonds is 0. The summed E-state index contributed by atoms with van der Waals surface area (Å²) in [6.45, 7) is 1.18. The largest absolute Gasteiger partial charge is 0.454 e. The Kier molecular flexibility index (Phi) is 2.23. The van der Waals surface area contributed by atoms with Crippen molar-refractivity contribution >= 4 is 5.91 Å². The lowest BCUT2D eigenvalue weighted by Crippen LogP contribution is -2.52. The number of hydrogen-bond donors (Lipinski definition) is 0. The highest BCUT2D eigenvalue weighted by Crippen LogP contribution is 2.56. The van der Waals surface area contributed by atoms with Crippen LogP contribution in [-0.4, -0.2) is 24.1 Å². The lowest BCUT2D eigenvalue weighted by atomic mass is 9.66. The standard InChI is InChI=1S/C17H19NO3/c19-16-8-12-3-1-2-5-17(12)13-9-15-14(20-10-21-15)7-11(13)4-6-18(16)17/h7,9,12H,1-6,8,10H2/t12-,17-/m0/s1. The maximum Gasteiger partial charge on any atom is 0.231 e. The fraction of sp³-hybridized carbons (Fsp3) is 0.588. The van der Waals surface area contributed by atoms with Crippen molar-refractivity contribution in [2.75, 3.05) is 13.3 Å². The first kappa shape index (κ1) is 11.9. The molecule has 1 aromatic carbocycles. The van der Waals surface area contributed by atoms with Crippen molar-refractivity contribution in [3.05, 3.63) is 23.3 Å². The van der Waals surface area contributed by atoms with Crippen LogP contribution in [0.2, 0.25) is 0 Å². The fourth-order valence-electron chi connectivity index (χ4n) is 5.05. The molecule has 3 heterocycles. The molecule has 3 aliphatic heterocycles. The van der Waals surface area contributed by atoms with Crippen LogP contribution in [0.3, 0.4) is 0 Å². The maximum absolute atomic E-state index is 12.5. The first-order valence-electron chi connectivity index (χ1n) is 8.02. The Morgan fingerprint density at radius 1 is 1.19 bits per heavy atom. The summed E-state index contributed by atoms with van der Waals surface area (Å²) in [7, 11) is 0. The van der Waals surface area contributed by atoms with Gasteiger partial charge in [0.05, 0.1) is 5.54 Å². The van der Waals surface area contributed by atoms with E-state index in [1.807, 2.05) is 0 Å². The summed E-state index contributed by atoms with van der Waals surface area (Å²) < 4.78 is 11.1. The summed E-state index contributed by atoms with van der Waals surface area (Å²) >= 11 is 0. The second-order valence-corrected chi connectivity index (χ2v) is 6.73. The molecular formula is C17H19NO3. The van der Waals surface area contributed by atoms with Crippen molar-refractivity contribution in [1.29, 1.82) is 0 Å². The number of carbonyl (C=O) groups excluding carboxylic acids is 1. The van der Waals surface area contributed by atoms with Gasteiger partial charge in [-0.3, -0.25) is 4.79 Å². The topological polar surface area (TPSA) is 38.8 Å². The minimum atomic E-state index is -0.0517. The van der Waals surface area contributed by atoms with Crippen molar-refractivity contribution in [3.63, 3.8) is 0 Å². The number of ether oxygens (including phenoxy) is 2. The lowest BCUT2D eigenvalue weighted by molar-refractivity contribution is -0.132. The second kappa shape index (κ2) is 3.93. The van der Waals surface area contributed by atoms with Crippen LogP contribution in [0.5, 0.6) is 11.5 Å². The lowest BCUT2D eigenvalue weighted by Gasteiger charge is -2.49. The van der Waals surface area contributed by atoms with Crippen LogP contribution in [0.15, 0.2) is 12.1 Å². The molecule has 4 nitrogen and oxygen atoms in total. The van der Waals surface area contributed by atoms with Crippen molar-refractivity contribution in [2.45, 2.75) is 44.1 Å². The summed E-state index contributed by atoms with van der Waals surface area (Å²) in [4.78, 5) is 14.7. The van der Waals surface area contributed by atoms with Gasteiger partial charge < -0.3 is 14.4 Å². The average Bonchev–Trinajstić information content (AvgIpc) is 3.06. The minimum Gasteiger partial charge on any atom is -0.454 e. The molecule has 0 radical (unpaired) electrons. The van der Waals surface area contributed by atoms with E-state index in [0.717, 1.165) is 37.3 Å². The van der Waals surface area contributed by atoms with E-state index in [1.165, 1.54) is 30.4 Å². The summed E-state index contributed by atoms with van der Waals surface area (Å²) in [5.41, 5.74) is 2.65. The summed E-state index contributed by atoms with van der Waals surface area (Å²) in [6.07, 6.45) is 6.42. The molecule has 0 unspecified atom stereocenters. The normalized spacial score (nSPS) is 32.7. The molecule has 21 heavy (non-hydrogen) atoms. The monoisotopic (exact) mass is 285 g/mol. The zero-order valence-corrected chi connectivity index (χ0v) is 12.1. The molecule has 1 aliphatic carbocycles. The van der Waals surface area contributed by atoms with Crippen LogP contribution < -0.4 is 9.47 Å². The number of amides is 1. The van der Waals surface area contributed by atoms with Crippen LogP contribution in [0.25, 0.3) is 0 Å². The fourth-order valence-corrected chi connectivity index (χ4v) is 5.05. The molecule has 1 spiro atoms. The third kappa shape index (κ3) is 1.38. The summed E-state index contributed by atoms with van der Waals surface area (Å²) in [5.74, 6) is 2.56. The zero-order chi connectivity index (χ0) is 14.0. The molecule has 110 valence electrons. The molecule has 2 atom stereocenters. The summed E-state index contributed by atoms with van der Waals surface area (Å²) in [5, 5.41) is 0. The smallest absolute Gasteiger partial charge is 0.231 e. The van der Waals surface area contributed by atoms with Crippen molar-refractivity contribution in [2.24, 2.45) is 5.92 Å². The van der Waals surface area contributed by atoms with Gasteiger partial charge in [0, 0.05) is 13.0 Å². The number of carbonyl (C=O) groups is 1. The van der Waals surface area contributed by atoms with Gasteiger partial charge in [0.15, 0.2) is 11.5 Å². The summed E-state index contributed by atoms with van der Waals surface area (Å²) in [6, 6.07) is 4.32.